The van der Waals surface area contributed by atoms with Crippen LogP contribution in [-0.2, 0) is 10.3 Å². The van der Waals surface area contributed by atoms with E-state index in [1.54, 1.807) is 13.8 Å². The Balaban J connectivity index is 2.20. The number of aliphatic hydroxyl groups is 1. The van der Waals surface area contributed by atoms with Gasteiger partial charge in [-0.15, -0.1) is 11.3 Å². The number of amides is 1. The summed E-state index contributed by atoms with van der Waals surface area (Å²) in [5.74, 6) is -5.21. The van der Waals surface area contributed by atoms with Crippen LogP contribution < -0.4 is 5.32 Å². The first kappa shape index (κ1) is 16.3. The summed E-state index contributed by atoms with van der Waals surface area (Å²) in [4.78, 5) is 16.3. The van der Waals surface area contributed by atoms with Crippen LogP contribution in [0.3, 0.4) is 0 Å². The van der Waals surface area contributed by atoms with Crippen molar-refractivity contribution in [1.29, 1.82) is 0 Å². The maximum Gasteiger partial charge on any atom is 0.352 e. The lowest BCUT2D eigenvalue weighted by Crippen LogP contribution is -2.63. The molecule has 2 N–H and O–H groups in total. The fraction of sp³-hybridized carbons (Fsp3) is 0.714. The number of aryl methyl sites for hydroxylation is 1. The van der Waals surface area contributed by atoms with Crippen molar-refractivity contribution in [3.63, 3.8) is 0 Å². The van der Waals surface area contributed by atoms with Gasteiger partial charge in [-0.2, -0.15) is 8.78 Å². The van der Waals surface area contributed by atoms with E-state index in [0.29, 0.717) is 17.8 Å². The summed E-state index contributed by atoms with van der Waals surface area (Å²) < 4.78 is 28.3. The highest BCUT2D eigenvalue weighted by Crippen LogP contribution is 2.44. The number of alkyl halides is 2. The molecular formula is C14H20F2N2O2S. The molecule has 0 saturated heterocycles. The maximum atomic E-state index is 14.2. The van der Waals surface area contributed by atoms with E-state index in [1.807, 2.05) is 12.3 Å². The van der Waals surface area contributed by atoms with Crippen LogP contribution in [0.15, 0.2) is 5.38 Å². The van der Waals surface area contributed by atoms with Gasteiger partial charge in [0.1, 0.15) is 10.6 Å². The van der Waals surface area contributed by atoms with Crippen molar-refractivity contribution in [1.82, 2.24) is 10.3 Å². The van der Waals surface area contributed by atoms with Crippen LogP contribution in [0.5, 0.6) is 0 Å². The first-order valence-electron chi connectivity index (χ1n) is 7.00. The lowest BCUT2D eigenvalue weighted by Gasteiger charge is -2.42. The summed E-state index contributed by atoms with van der Waals surface area (Å²) in [6.07, 6.45) is 0.843. The van der Waals surface area contributed by atoms with Crippen molar-refractivity contribution in [3.8, 4) is 0 Å². The third-order valence-electron chi connectivity index (χ3n) is 4.24. The summed E-state index contributed by atoms with van der Waals surface area (Å²) in [5.41, 5.74) is -2.38. The highest BCUT2D eigenvalue weighted by atomic mass is 32.1. The Bertz CT molecular complexity index is 543. The molecule has 0 aromatic carbocycles. The van der Waals surface area contributed by atoms with Crippen molar-refractivity contribution in [2.45, 2.75) is 63.5 Å². The van der Waals surface area contributed by atoms with Crippen molar-refractivity contribution in [2.75, 3.05) is 0 Å². The smallest absolute Gasteiger partial charge is 0.352 e. The number of carbonyl (C=O) groups is 1. The topological polar surface area (TPSA) is 62.2 Å². The summed E-state index contributed by atoms with van der Waals surface area (Å²) >= 11 is 1.33. The molecule has 0 radical (unpaired) electrons. The lowest BCUT2D eigenvalue weighted by atomic mass is 9.75. The third kappa shape index (κ3) is 2.68. The monoisotopic (exact) mass is 318 g/mol. The van der Waals surface area contributed by atoms with Gasteiger partial charge in [-0.25, -0.2) is 4.98 Å². The van der Waals surface area contributed by atoms with Crippen LogP contribution >= 0.6 is 11.3 Å². The molecule has 0 bridgehead atoms. The molecule has 1 fully saturated rings. The second kappa shape index (κ2) is 5.28. The van der Waals surface area contributed by atoms with E-state index < -0.39 is 23.0 Å². The van der Waals surface area contributed by atoms with Crippen molar-refractivity contribution in [2.24, 2.45) is 0 Å². The number of nitrogens with zero attached hydrogens (tertiary/aromatic N) is 1. The minimum atomic E-state index is -3.78. The summed E-state index contributed by atoms with van der Waals surface area (Å²) in [6, 6.07) is 0. The first-order chi connectivity index (χ1) is 9.64. The zero-order valence-corrected chi connectivity index (χ0v) is 13.2. The standard InChI is InChI=1S/C14H20F2N2O2S/c1-4-12(3,11-17-9(2)8-21-11)18-10(19)14(15,16)13(20)6-5-7-13/h8,20H,4-7H2,1-3H3,(H,18,19). The van der Waals surface area contributed by atoms with Gasteiger partial charge in [-0.05, 0) is 39.5 Å². The highest BCUT2D eigenvalue weighted by molar-refractivity contribution is 7.09. The van der Waals surface area contributed by atoms with E-state index in [2.05, 4.69) is 10.3 Å². The van der Waals surface area contributed by atoms with E-state index in [9.17, 15) is 18.7 Å². The van der Waals surface area contributed by atoms with Crippen molar-refractivity contribution in [3.05, 3.63) is 16.1 Å². The molecule has 1 aromatic heterocycles. The average Bonchev–Trinajstić information content (AvgIpc) is 2.82. The maximum absolute atomic E-state index is 14.2. The molecule has 0 spiro atoms. The molecule has 1 aliphatic rings. The molecule has 1 saturated carbocycles. The van der Waals surface area contributed by atoms with Crippen molar-refractivity contribution < 1.29 is 18.7 Å². The van der Waals surface area contributed by atoms with Crippen LogP contribution in [-0.4, -0.2) is 27.5 Å². The summed E-state index contributed by atoms with van der Waals surface area (Å²) in [7, 11) is 0. The van der Waals surface area contributed by atoms with Gasteiger partial charge in [0.05, 0.1) is 5.54 Å². The predicted octanol–water partition coefficient (Wildman–Crippen LogP) is 2.74. The summed E-state index contributed by atoms with van der Waals surface area (Å²) in [6.45, 7) is 5.28. The van der Waals surface area contributed by atoms with Gasteiger partial charge in [0.15, 0.2) is 0 Å². The van der Waals surface area contributed by atoms with Gasteiger partial charge in [-0.3, -0.25) is 4.79 Å². The fourth-order valence-electron chi connectivity index (χ4n) is 2.27. The van der Waals surface area contributed by atoms with Crippen LogP contribution in [0.2, 0.25) is 0 Å². The van der Waals surface area contributed by atoms with E-state index >= 15 is 0 Å². The Kier molecular flexibility index (Phi) is 4.10. The van der Waals surface area contributed by atoms with Gasteiger partial charge < -0.3 is 10.4 Å². The number of thiazole rings is 1. The van der Waals surface area contributed by atoms with Gasteiger partial charge in [-0.1, -0.05) is 6.92 Å². The molecule has 7 heteroatoms. The van der Waals surface area contributed by atoms with E-state index in [0.717, 1.165) is 5.69 Å². The molecule has 1 unspecified atom stereocenters. The molecule has 21 heavy (non-hydrogen) atoms. The molecule has 1 heterocycles. The van der Waals surface area contributed by atoms with Crippen molar-refractivity contribution >= 4 is 17.2 Å². The zero-order chi connectivity index (χ0) is 15.9. The Labute approximate surface area is 126 Å². The van der Waals surface area contributed by atoms with Gasteiger partial charge in [0.25, 0.3) is 5.91 Å². The second-order valence-corrected chi connectivity index (χ2v) is 6.75. The number of halogens is 2. The molecule has 0 aliphatic heterocycles. The number of rotatable bonds is 5. The molecule has 4 nitrogen and oxygen atoms in total. The third-order valence-corrected chi connectivity index (χ3v) is 5.46. The van der Waals surface area contributed by atoms with Crippen LogP contribution in [0.25, 0.3) is 0 Å². The molecule has 1 atom stereocenters. The normalized spacial score (nSPS) is 20.5. The number of carbonyl (C=O) groups excluding carboxylic acids is 1. The molecule has 2 rings (SSSR count). The molecule has 1 aliphatic carbocycles. The Morgan fingerprint density at radius 3 is 2.57 bits per heavy atom. The number of aromatic nitrogens is 1. The van der Waals surface area contributed by atoms with Gasteiger partial charge in [0.2, 0.25) is 0 Å². The zero-order valence-electron chi connectivity index (χ0n) is 12.4. The van der Waals surface area contributed by atoms with Gasteiger partial charge >= 0.3 is 5.92 Å². The Morgan fingerprint density at radius 1 is 1.57 bits per heavy atom. The second-order valence-electron chi connectivity index (χ2n) is 5.89. The highest BCUT2D eigenvalue weighted by Gasteiger charge is 2.61. The number of nitrogens with one attached hydrogen (secondary N) is 1. The molecular weight excluding hydrogens is 298 g/mol. The minimum Gasteiger partial charge on any atom is -0.383 e. The number of hydrogen-bond donors (Lipinski definition) is 2. The van der Waals surface area contributed by atoms with E-state index in [4.69, 9.17) is 0 Å². The first-order valence-corrected chi connectivity index (χ1v) is 7.88. The van der Waals surface area contributed by atoms with Crippen LogP contribution in [0.4, 0.5) is 8.78 Å². The summed E-state index contributed by atoms with van der Waals surface area (Å²) in [5, 5.41) is 14.6. The Hall–Kier alpha value is -1.08. The molecule has 1 aromatic rings. The van der Waals surface area contributed by atoms with E-state index in [1.165, 1.54) is 11.3 Å². The predicted molar refractivity (Wildman–Crippen MR) is 76.4 cm³/mol. The number of hydrogen-bond acceptors (Lipinski definition) is 4. The fourth-order valence-corrected chi connectivity index (χ4v) is 3.25. The van der Waals surface area contributed by atoms with E-state index in [-0.39, 0.29) is 12.8 Å². The SMILES string of the molecule is CCC(C)(NC(=O)C(F)(F)C1(O)CCC1)c1nc(C)cs1. The van der Waals surface area contributed by atoms with Crippen LogP contribution in [0, 0.1) is 6.92 Å². The minimum absolute atomic E-state index is 0.0490. The molecule has 118 valence electrons. The average molecular weight is 318 g/mol. The largest absolute Gasteiger partial charge is 0.383 e. The lowest BCUT2D eigenvalue weighted by molar-refractivity contribution is -0.217. The van der Waals surface area contributed by atoms with Crippen LogP contribution in [0.1, 0.15) is 50.2 Å². The van der Waals surface area contributed by atoms with Gasteiger partial charge in [0, 0.05) is 11.1 Å². The molecule has 1 amide bonds. The Morgan fingerprint density at radius 2 is 2.19 bits per heavy atom. The quantitative estimate of drug-likeness (QED) is 0.877.